The van der Waals surface area contributed by atoms with Crippen molar-refractivity contribution in [3.63, 3.8) is 0 Å². The van der Waals surface area contributed by atoms with Crippen LogP contribution in [0.15, 0.2) is 78.9 Å². The molecule has 0 saturated carbocycles. The summed E-state index contributed by atoms with van der Waals surface area (Å²) >= 11 is 6.65. The summed E-state index contributed by atoms with van der Waals surface area (Å²) in [5.74, 6) is -0.641. The number of nitrogens with zero attached hydrogens (tertiary/aromatic N) is 1. The number of hydrogen-bond donors (Lipinski definition) is 3. The number of aromatic nitrogens is 2. The Morgan fingerprint density at radius 2 is 1.56 bits per heavy atom. The number of nitrogens with one attached hydrogen (secondary N) is 1. The highest BCUT2D eigenvalue weighted by atomic mass is 35.5. The molecule has 0 fully saturated rings. The monoisotopic (exact) mass is 572 g/mol. The van der Waals surface area contributed by atoms with Crippen molar-refractivity contribution >= 4 is 28.6 Å². The number of rotatable bonds is 12. The molecule has 0 aliphatic heterocycles. The van der Waals surface area contributed by atoms with Crippen molar-refractivity contribution in [3.05, 3.63) is 101 Å². The Bertz CT molecular complexity index is 1650. The molecule has 210 valence electrons. The summed E-state index contributed by atoms with van der Waals surface area (Å²) in [5.41, 5.74) is 7.22. The van der Waals surface area contributed by atoms with Crippen LogP contribution in [0.5, 0.6) is 11.8 Å². The van der Waals surface area contributed by atoms with Gasteiger partial charge in [-0.2, -0.15) is 4.98 Å². The number of ether oxygens (including phenoxy) is 3. The maximum Gasteiger partial charge on any atom is 0.336 e. The third kappa shape index (κ3) is 6.93. The minimum atomic E-state index is -1.01. The van der Waals surface area contributed by atoms with Gasteiger partial charge in [-0.15, -0.1) is 0 Å². The van der Waals surface area contributed by atoms with Crippen molar-refractivity contribution in [1.29, 1.82) is 0 Å². The number of H-pyrrole nitrogens is 1. The van der Waals surface area contributed by atoms with Gasteiger partial charge >= 0.3 is 5.97 Å². The Hall–Kier alpha value is -4.21. The molecule has 0 aliphatic carbocycles. The molecule has 0 aliphatic rings. The summed E-state index contributed by atoms with van der Waals surface area (Å²) < 4.78 is 16.6. The van der Waals surface area contributed by atoms with Gasteiger partial charge in [0, 0.05) is 5.56 Å². The third-order valence-corrected chi connectivity index (χ3v) is 6.88. The average molecular weight is 573 g/mol. The second-order valence-corrected chi connectivity index (χ2v) is 9.85. The number of halogens is 1. The highest BCUT2D eigenvalue weighted by molar-refractivity contribution is 6.34. The number of carbonyl (C=O) groups is 1. The summed E-state index contributed by atoms with van der Waals surface area (Å²) in [5, 5.41) is 18.7. The lowest BCUT2D eigenvalue weighted by molar-refractivity contribution is 0.0274. The number of aliphatic hydroxyl groups excluding tert-OH is 1. The fourth-order valence-corrected chi connectivity index (χ4v) is 4.67. The summed E-state index contributed by atoms with van der Waals surface area (Å²) in [6, 6.07) is 25.2. The number of aromatic amines is 1. The van der Waals surface area contributed by atoms with Gasteiger partial charge < -0.3 is 29.4 Å². The van der Waals surface area contributed by atoms with Gasteiger partial charge in [0.2, 0.25) is 0 Å². The molecule has 0 unspecified atom stereocenters. The van der Waals surface area contributed by atoms with E-state index in [2.05, 4.69) is 34.2 Å². The smallest absolute Gasteiger partial charge is 0.336 e. The van der Waals surface area contributed by atoms with Crippen LogP contribution in [0.25, 0.3) is 33.3 Å². The fraction of sp³-hybridized carbons (Fsp3) is 0.188. The lowest BCUT2D eigenvalue weighted by Crippen LogP contribution is -2.07. The zero-order chi connectivity index (χ0) is 28.8. The van der Waals surface area contributed by atoms with E-state index in [1.165, 1.54) is 6.07 Å². The first kappa shape index (κ1) is 28.3. The molecular weight excluding hydrogens is 544 g/mol. The molecule has 1 aromatic heterocycles. The Morgan fingerprint density at radius 3 is 2.27 bits per heavy atom. The summed E-state index contributed by atoms with van der Waals surface area (Å²) in [4.78, 5) is 19.1. The number of hydrogen-bond acceptors (Lipinski definition) is 6. The van der Waals surface area contributed by atoms with Crippen LogP contribution in [0.1, 0.15) is 21.5 Å². The maximum atomic E-state index is 11.5. The normalized spacial score (nSPS) is 11.2. The molecule has 41 heavy (non-hydrogen) atoms. The largest absolute Gasteiger partial charge is 0.478 e. The quantitative estimate of drug-likeness (QED) is 0.140. The predicted molar refractivity (Wildman–Crippen MR) is 158 cm³/mol. The van der Waals surface area contributed by atoms with E-state index in [1.54, 1.807) is 25.1 Å². The molecule has 3 N–H and O–H groups in total. The van der Waals surface area contributed by atoms with Gasteiger partial charge in [-0.05, 0) is 59.0 Å². The Morgan fingerprint density at radius 1 is 0.878 bits per heavy atom. The summed E-state index contributed by atoms with van der Waals surface area (Å²) in [7, 11) is 0. The molecule has 0 atom stereocenters. The number of benzene rings is 4. The molecular formula is C32H29ClN2O6. The molecule has 0 radical (unpaired) electrons. The van der Waals surface area contributed by atoms with E-state index in [1.807, 2.05) is 30.3 Å². The topological polar surface area (TPSA) is 114 Å². The number of aromatic carboxylic acids is 1. The standard InChI is InChI=1S/C32H29ClN2O6/c1-20-2-11-25(16-26(20)31(37)38)41-32-34-29-17-27(28(33)18-30(29)35-32)24-9-7-23(8-10-24)22-5-3-21(4-6-22)19-40-15-14-39-13-12-36/h2-11,16-18,36H,12-15,19H2,1H3,(H,34,35)(H,37,38). The van der Waals surface area contributed by atoms with E-state index in [0.717, 1.165) is 27.8 Å². The fourth-order valence-electron chi connectivity index (χ4n) is 4.39. The number of aryl methyl sites for hydroxylation is 1. The van der Waals surface area contributed by atoms with Crippen LogP contribution >= 0.6 is 11.6 Å². The first-order chi connectivity index (χ1) is 19.9. The van der Waals surface area contributed by atoms with Gasteiger partial charge in [-0.25, -0.2) is 4.79 Å². The van der Waals surface area contributed by atoms with Crippen molar-refractivity contribution in [1.82, 2.24) is 9.97 Å². The van der Waals surface area contributed by atoms with E-state index in [4.69, 9.17) is 30.9 Å². The van der Waals surface area contributed by atoms with Crippen molar-refractivity contribution < 1.29 is 29.2 Å². The third-order valence-electron chi connectivity index (χ3n) is 6.56. The van der Waals surface area contributed by atoms with Crippen LogP contribution < -0.4 is 4.74 Å². The van der Waals surface area contributed by atoms with Gasteiger partial charge in [0.05, 0.1) is 54.7 Å². The van der Waals surface area contributed by atoms with E-state index in [9.17, 15) is 9.90 Å². The zero-order valence-electron chi connectivity index (χ0n) is 22.4. The van der Waals surface area contributed by atoms with Gasteiger partial charge in [0.25, 0.3) is 6.01 Å². The van der Waals surface area contributed by atoms with Crippen molar-refractivity contribution in [3.8, 4) is 34.0 Å². The second-order valence-electron chi connectivity index (χ2n) is 9.44. The summed E-state index contributed by atoms with van der Waals surface area (Å²) in [6.07, 6.45) is 0. The van der Waals surface area contributed by atoms with Crippen LogP contribution in [-0.2, 0) is 16.1 Å². The molecule has 0 spiro atoms. The first-order valence-electron chi connectivity index (χ1n) is 13.1. The van der Waals surface area contributed by atoms with E-state index < -0.39 is 5.97 Å². The molecule has 0 saturated heterocycles. The Labute approximate surface area is 242 Å². The van der Waals surface area contributed by atoms with Crippen molar-refractivity contribution in [2.75, 3.05) is 26.4 Å². The Balaban J connectivity index is 1.27. The number of carboxylic acid groups (broad SMARTS) is 1. The molecule has 5 aromatic rings. The molecule has 4 aromatic carbocycles. The zero-order valence-corrected chi connectivity index (χ0v) is 23.1. The van der Waals surface area contributed by atoms with Crippen LogP contribution in [0, 0.1) is 6.92 Å². The minimum Gasteiger partial charge on any atom is -0.478 e. The predicted octanol–water partition coefficient (Wildman–Crippen LogP) is 6.87. The number of fused-ring (bicyclic) bond motifs is 1. The summed E-state index contributed by atoms with van der Waals surface area (Å²) in [6.45, 7) is 3.50. The van der Waals surface area contributed by atoms with E-state index in [-0.39, 0.29) is 18.2 Å². The Kier molecular flexibility index (Phi) is 8.96. The maximum absolute atomic E-state index is 11.5. The molecule has 1 heterocycles. The average Bonchev–Trinajstić information content (AvgIpc) is 3.36. The van der Waals surface area contributed by atoms with Gasteiger partial charge in [0.1, 0.15) is 5.75 Å². The molecule has 0 bridgehead atoms. The highest BCUT2D eigenvalue weighted by Crippen LogP contribution is 2.34. The van der Waals surface area contributed by atoms with Gasteiger partial charge in [-0.1, -0.05) is 66.2 Å². The van der Waals surface area contributed by atoms with Crippen LogP contribution in [0.2, 0.25) is 5.02 Å². The van der Waals surface area contributed by atoms with Crippen LogP contribution in [0.3, 0.4) is 0 Å². The lowest BCUT2D eigenvalue weighted by atomic mass is 9.99. The van der Waals surface area contributed by atoms with E-state index >= 15 is 0 Å². The highest BCUT2D eigenvalue weighted by Gasteiger charge is 2.13. The second kappa shape index (κ2) is 13.0. The molecule has 5 rings (SSSR count). The number of carboxylic acids is 1. The van der Waals surface area contributed by atoms with E-state index in [0.29, 0.717) is 53.8 Å². The van der Waals surface area contributed by atoms with Crippen molar-refractivity contribution in [2.24, 2.45) is 0 Å². The number of imidazole rings is 1. The molecule has 9 heteroatoms. The molecule has 8 nitrogen and oxygen atoms in total. The first-order valence-corrected chi connectivity index (χ1v) is 13.5. The SMILES string of the molecule is Cc1ccc(Oc2nc3cc(-c4ccc(-c5ccc(COCCOCCO)cc5)cc4)c(Cl)cc3[nH]2)cc1C(=O)O. The lowest BCUT2D eigenvalue weighted by Gasteiger charge is -2.08. The number of aliphatic hydroxyl groups is 1. The molecule has 0 amide bonds. The van der Waals surface area contributed by atoms with Crippen LogP contribution in [0.4, 0.5) is 0 Å². The minimum absolute atomic E-state index is 0.0134. The van der Waals surface area contributed by atoms with Crippen LogP contribution in [-0.4, -0.2) is 52.6 Å². The van der Waals surface area contributed by atoms with Gasteiger partial charge in [-0.3, -0.25) is 0 Å². The van der Waals surface area contributed by atoms with Gasteiger partial charge in [0.15, 0.2) is 0 Å². The van der Waals surface area contributed by atoms with Crippen molar-refractivity contribution in [2.45, 2.75) is 13.5 Å².